The molecule has 4 radical (unpaired) electrons. The normalized spacial score (nSPS) is 6.15. The Hall–Kier alpha value is -0.511. The number of hydrogen-bond donors (Lipinski definition) is 0. The second-order valence-corrected chi connectivity index (χ2v) is 1.71. The van der Waals surface area contributed by atoms with Crippen molar-refractivity contribution in [2.45, 2.75) is 0 Å². The molecule has 0 spiro atoms. The molecule has 0 aliphatic carbocycles. The van der Waals surface area contributed by atoms with Gasteiger partial charge in [-0.05, 0) is 0 Å². The molecule has 0 heterocycles. The molecule has 0 amide bonds. The van der Waals surface area contributed by atoms with Crippen molar-refractivity contribution in [1.29, 1.82) is 0 Å². The minimum atomic E-state index is 0. The summed E-state index contributed by atoms with van der Waals surface area (Å²) in [6.45, 7) is 0. The molecule has 0 saturated heterocycles. The standard InChI is InChI=1S/C7H6O2.3CH3.Sn/c8-6-4-2-1-3-5-7(6)9;;;;/h1-5H,(H,8,9);3*1H3;/q;3*-1;/p+2. The van der Waals surface area contributed by atoms with Crippen LogP contribution in [0, 0.1) is 22.3 Å². The average molecular weight is 288 g/mol. The van der Waals surface area contributed by atoms with Crippen molar-refractivity contribution in [2.75, 3.05) is 0 Å². The van der Waals surface area contributed by atoms with Crippen LogP contribution >= 0.6 is 0 Å². The zero-order chi connectivity index (χ0) is 6.69. The van der Waals surface area contributed by atoms with Crippen LogP contribution in [0.15, 0.2) is 30.3 Å². The van der Waals surface area contributed by atoms with Gasteiger partial charge in [0.1, 0.15) is 0 Å². The van der Waals surface area contributed by atoms with Gasteiger partial charge in [-0.25, -0.2) is 0 Å². The molecule has 0 fully saturated rings. The Labute approximate surface area is 97.6 Å². The largest absolute Gasteiger partial charge is 0.587 e. The first-order chi connectivity index (χ1) is 4.30. The van der Waals surface area contributed by atoms with Crippen molar-refractivity contribution in [3.05, 3.63) is 58.0 Å². The Bertz CT molecular complexity index is 261. The summed E-state index contributed by atoms with van der Waals surface area (Å²) in [5, 5.41) is 7.09. The van der Waals surface area contributed by atoms with Gasteiger partial charge >= 0.3 is 11.2 Å². The summed E-state index contributed by atoms with van der Waals surface area (Å²) >= 11 is 0. The fourth-order valence-corrected chi connectivity index (χ4v) is 0.538. The Morgan fingerprint density at radius 3 is 1.92 bits per heavy atom. The first-order valence-electron chi connectivity index (χ1n) is 2.63. The van der Waals surface area contributed by atoms with E-state index < -0.39 is 0 Å². The molecule has 13 heavy (non-hydrogen) atoms. The summed E-state index contributed by atoms with van der Waals surface area (Å²) in [5.74, 6) is 0.153. The maximum absolute atomic E-state index is 8.89. The smallest absolute Gasteiger partial charge is 0.433 e. The summed E-state index contributed by atoms with van der Waals surface area (Å²) in [6, 6.07) is 8.19. The van der Waals surface area contributed by atoms with E-state index in [0.717, 1.165) is 0 Å². The fraction of sp³-hybridized carbons (Fsp3) is 0. The first-order valence-corrected chi connectivity index (χ1v) is 2.63. The predicted octanol–water partition coefficient (Wildman–Crippen LogP) is 1.10. The van der Waals surface area contributed by atoms with E-state index in [1.54, 1.807) is 18.2 Å². The molecule has 0 aliphatic rings. The van der Waals surface area contributed by atoms with Crippen LogP contribution in [0.4, 0.5) is 0 Å². The van der Waals surface area contributed by atoms with Crippen molar-refractivity contribution < 1.29 is 9.90 Å². The Morgan fingerprint density at radius 1 is 0.923 bits per heavy atom. The van der Waals surface area contributed by atoms with Crippen LogP contribution in [-0.4, -0.2) is 33.8 Å². The van der Waals surface area contributed by atoms with E-state index in [9.17, 15) is 0 Å². The molecule has 2 nitrogen and oxygen atoms in total. The summed E-state index contributed by atoms with van der Waals surface area (Å²) in [6.07, 6.45) is 0. The molecule has 1 rings (SSSR count). The molecule has 1 aromatic rings. The summed E-state index contributed by atoms with van der Waals surface area (Å²) in [4.78, 5) is 8.89. The molecule has 1 aromatic carbocycles. The zero-order valence-corrected chi connectivity index (χ0v) is 11.2. The SMILES string of the molecule is [CH3-].[CH3-].[CH3-].[OH+]=c1cccccc1[OH2+].[Sn]. The molecular weight excluding hydrogens is 271 g/mol. The van der Waals surface area contributed by atoms with Gasteiger partial charge in [-0.1, -0.05) is 18.2 Å². The molecule has 0 saturated carbocycles. The third-order valence-corrected chi connectivity index (χ3v) is 1.02. The van der Waals surface area contributed by atoms with E-state index in [0.29, 0.717) is 0 Å². The minimum absolute atomic E-state index is 0. The van der Waals surface area contributed by atoms with Crippen LogP contribution in [0.5, 0.6) is 5.75 Å². The monoisotopic (exact) mass is 289 g/mol. The molecular formula is C10H17O2Sn-. The Balaban J connectivity index is -0.000000101. The van der Waals surface area contributed by atoms with Crippen LogP contribution in [0.2, 0.25) is 0 Å². The van der Waals surface area contributed by atoms with Crippen molar-refractivity contribution in [1.82, 2.24) is 0 Å². The Morgan fingerprint density at radius 2 is 1.38 bits per heavy atom. The molecule has 0 bridgehead atoms. The predicted molar refractivity (Wildman–Crippen MR) is 59.6 cm³/mol. The van der Waals surface area contributed by atoms with Crippen molar-refractivity contribution >= 4 is 23.9 Å². The van der Waals surface area contributed by atoms with Gasteiger partial charge in [0.2, 0.25) is 0 Å². The van der Waals surface area contributed by atoms with Crippen molar-refractivity contribution in [3.8, 4) is 5.75 Å². The molecule has 0 aliphatic heterocycles. The van der Waals surface area contributed by atoms with Gasteiger partial charge in [0.05, 0.1) is 6.07 Å². The maximum atomic E-state index is 8.89. The average Bonchev–Trinajstić information content (AvgIpc) is 1.99. The van der Waals surface area contributed by atoms with Gasteiger partial charge in [-0.2, -0.15) is 0 Å². The van der Waals surface area contributed by atoms with Crippen LogP contribution in [0.3, 0.4) is 0 Å². The van der Waals surface area contributed by atoms with E-state index in [-0.39, 0.29) is 57.4 Å². The third-order valence-electron chi connectivity index (χ3n) is 1.02. The van der Waals surface area contributed by atoms with Crippen LogP contribution < -0.4 is 5.43 Å². The Kier molecular flexibility index (Phi) is 20.2. The number of rotatable bonds is 0. The van der Waals surface area contributed by atoms with Gasteiger partial charge in [-0.15, -0.1) is 0 Å². The summed E-state index contributed by atoms with van der Waals surface area (Å²) in [5.41, 5.74) is 0.0139. The molecule has 0 unspecified atom stereocenters. The van der Waals surface area contributed by atoms with Crippen LogP contribution in [-0.2, 0) is 0 Å². The van der Waals surface area contributed by atoms with E-state index >= 15 is 0 Å². The minimum Gasteiger partial charge on any atom is -0.587 e. The van der Waals surface area contributed by atoms with Gasteiger partial charge in [-0.3, -0.25) is 4.79 Å². The molecule has 0 aromatic heterocycles. The van der Waals surface area contributed by atoms with E-state index in [4.69, 9.17) is 9.90 Å². The van der Waals surface area contributed by atoms with Crippen LogP contribution in [0.1, 0.15) is 0 Å². The van der Waals surface area contributed by atoms with Crippen LogP contribution in [0.25, 0.3) is 0 Å². The first kappa shape index (κ1) is 22.9. The topological polar surface area (TPSA) is 44.3 Å². The van der Waals surface area contributed by atoms with E-state index in [2.05, 4.69) is 0 Å². The van der Waals surface area contributed by atoms with Crippen molar-refractivity contribution in [2.24, 2.45) is 0 Å². The van der Waals surface area contributed by atoms with Gasteiger partial charge in [0.25, 0.3) is 0 Å². The summed E-state index contributed by atoms with van der Waals surface area (Å²) in [7, 11) is 0. The number of hydrogen-bond acceptors (Lipinski definition) is 0. The third kappa shape index (κ3) is 7.84. The second-order valence-electron chi connectivity index (χ2n) is 1.71. The quantitative estimate of drug-likeness (QED) is 0.390. The van der Waals surface area contributed by atoms with E-state index in [1.807, 2.05) is 0 Å². The molecule has 74 valence electrons. The van der Waals surface area contributed by atoms with E-state index in [1.165, 1.54) is 12.1 Å². The van der Waals surface area contributed by atoms with Gasteiger partial charge < -0.3 is 27.4 Å². The molecule has 3 N–H and O–H groups in total. The fourth-order valence-electron chi connectivity index (χ4n) is 0.538. The second kappa shape index (κ2) is 11.5. The zero-order valence-electron chi connectivity index (χ0n) is 8.33. The van der Waals surface area contributed by atoms with Crippen molar-refractivity contribution in [3.63, 3.8) is 0 Å². The maximum Gasteiger partial charge on any atom is 0.433 e. The molecule has 0 atom stereocenters. The van der Waals surface area contributed by atoms with Gasteiger partial charge in [0, 0.05) is 30.0 Å². The summed E-state index contributed by atoms with van der Waals surface area (Å²) < 4.78 is 0. The van der Waals surface area contributed by atoms with Gasteiger partial charge in [0.15, 0.2) is 0 Å². The molecule has 3 heteroatoms.